The number of alkyl halides is 1. The number of amidine groups is 1. The third-order valence-corrected chi connectivity index (χ3v) is 3.90. The quantitative estimate of drug-likeness (QED) is 0.633. The van der Waals surface area contributed by atoms with Crippen LogP contribution in [-0.2, 0) is 4.74 Å². The van der Waals surface area contributed by atoms with E-state index in [1.54, 1.807) is 0 Å². The lowest BCUT2D eigenvalue weighted by atomic mass is 9.95. The zero-order valence-corrected chi connectivity index (χ0v) is 11.1. The van der Waals surface area contributed by atoms with Crippen LogP contribution in [0.5, 0.6) is 0 Å². The fourth-order valence-corrected chi connectivity index (χ4v) is 2.90. The Hall–Kier alpha value is -1.30. The highest BCUT2D eigenvalue weighted by atomic mass is 19.1. The summed E-state index contributed by atoms with van der Waals surface area (Å²) in [5.74, 6) is -0.682. The molecular formula is C13H19F2N3O. The molecule has 2 aliphatic heterocycles. The zero-order chi connectivity index (χ0) is 14.0. The van der Waals surface area contributed by atoms with Crippen LogP contribution in [0.1, 0.15) is 26.2 Å². The molecule has 2 aliphatic rings. The van der Waals surface area contributed by atoms with Crippen molar-refractivity contribution in [3.8, 4) is 0 Å². The Morgan fingerprint density at radius 2 is 2.37 bits per heavy atom. The summed E-state index contributed by atoms with van der Waals surface area (Å²) in [6, 6.07) is -0.347. The van der Waals surface area contributed by atoms with Crippen LogP contribution in [0, 0.1) is 5.41 Å². The highest BCUT2D eigenvalue weighted by Gasteiger charge is 2.49. The summed E-state index contributed by atoms with van der Waals surface area (Å²) in [6.45, 7) is 6.08. The first-order valence-electron chi connectivity index (χ1n) is 6.43. The van der Waals surface area contributed by atoms with Crippen LogP contribution in [0.15, 0.2) is 17.4 Å². The van der Waals surface area contributed by atoms with Gasteiger partial charge in [-0.25, -0.2) is 14.2 Å². The highest BCUT2D eigenvalue weighted by molar-refractivity contribution is 6.01. The minimum absolute atomic E-state index is 0.0283. The predicted octanol–water partition coefficient (Wildman–Crippen LogP) is 2.46. The van der Waals surface area contributed by atoms with Crippen LogP contribution in [0.4, 0.5) is 8.78 Å². The van der Waals surface area contributed by atoms with E-state index in [-0.39, 0.29) is 23.9 Å². The van der Waals surface area contributed by atoms with Crippen molar-refractivity contribution in [1.82, 2.24) is 4.90 Å². The molecule has 2 heterocycles. The van der Waals surface area contributed by atoms with E-state index in [4.69, 9.17) is 10.1 Å². The van der Waals surface area contributed by atoms with E-state index >= 15 is 0 Å². The number of hydrogen-bond acceptors (Lipinski definition) is 3. The van der Waals surface area contributed by atoms with Gasteiger partial charge in [-0.2, -0.15) is 4.99 Å². The van der Waals surface area contributed by atoms with Crippen molar-refractivity contribution >= 4 is 11.7 Å². The third-order valence-electron chi connectivity index (χ3n) is 3.90. The van der Waals surface area contributed by atoms with Crippen molar-refractivity contribution < 1.29 is 13.5 Å². The van der Waals surface area contributed by atoms with E-state index in [0.717, 1.165) is 19.4 Å². The van der Waals surface area contributed by atoms with Crippen LogP contribution >= 0.6 is 0 Å². The van der Waals surface area contributed by atoms with E-state index in [2.05, 4.69) is 16.5 Å². The van der Waals surface area contributed by atoms with E-state index in [0.29, 0.717) is 13.0 Å². The molecule has 0 radical (unpaired) electrons. The van der Waals surface area contributed by atoms with Gasteiger partial charge in [-0.1, -0.05) is 6.58 Å². The maximum atomic E-state index is 13.5. The average Bonchev–Trinajstić information content (AvgIpc) is 2.82. The van der Waals surface area contributed by atoms with Gasteiger partial charge in [-0.15, -0.1) is 0 Å². The zero-order valence-electron chi connectivity index (χ0n) is 11.1. The molecule has 2 rings (SSSR count). The Balaban J connectivity index is 1.93. The monoisotopic (exact) mass is 271 g/mol. The number of nitrogens with one attached hydrogen (secondary N) is 1. The molecule has 2 saturated heterocycles. The maximum absolute atomic E-state index is 13.5. The van der Waals surface area contributed by atoms with E-state index in [1.165, 1.54) is 6.92 Å². The summed E-state index contributed by atoms with van der Waals surface area (Å²) in [7, 11) is 0. The summed E-state index contributed by atoms with van der Waals surface area (Å²) < 4.78 is 31.5. The van der Waals surface area contributed by atoms with Crippen molar-refractivity contribution in [3.63, 3.8) is 0 Å². The van der Waals surface area contributed by atoms with Gasteiger partial charge in [0, 0.05) is 13.0 Å². The molecule has 4 nitrogen and oxygen atoms in total. The summed E-state index contributed by atoms with van der Waals surface area (Å²) >= 11 is 0. The number of allylic oxidation sites excluding steroid dienone is 1. The second-order valence-electron chi connectivity index (χ2n) is 5.27. The maximum Gasteiger partial charge on any atom is 0.309 e. The van der Waals surface area contributed by atoms with Gasteiger partial charge in [-0.05, 0) is 26.3 Å². The first kappa shape index (κ1) is 14.1. The van der Waals surface area contributed by atoms with E-state index < -0.39 is 12.0 Å². The van der Waals surface area contributed by atoms with Crippen LogP contribution in [0.25, 0.3) is 0 Å². The number of fused-ring (bicyclic) bond motifs is 1. The SMILES string of the molecule is C=C(F)C(C)=NC(=N)OC[C@@]12CCCN1C[C@H](F)C2. The van der Waals surface area contributed by atoms with Gasteiger partial charge in [0.15, 0.2) is 0 Å². The lowest BCUT2D eigenvalue weighted by molar-refractivity contribution is 0.105. The minimum atomic E-state index is -0.825. The number of rotatable bonds is 3. The second kappa shape index (κ2) is 5.36. The summed E-state index contributed by atoms with van der Waals surface area (Å²) in [5, 5.41) is 7.54. The van der Waals surface area contributed by atoms with Crippen LogP contribution in [-0.4, -0.2) is 48.0 Å². The summed E-state index contributed by atoms with van der Waals surface area (Å²) in [4.78, 5) is 5.75. The Labute approximate surface area is 111 Å². The molecule has 0 aliphatic carbocycles. The van der Waals surface area contributed by atoms with Gasteiger partial charge in [0.1, 0.15) is 18.6 Å². The van der Waals surface area contributed by atoms with Crippen LogP contribution in [0.3, 0.4) is 0 Å². The fourth-order valence-electron chi connectivity index (χ4n) is 2.90. The van der Waals surface area contributed by atoms with E-state index in [1.807, 2.05) is 0 Å². The van der Waals surface area contributed by atoms with Gasteiger partial charge < -0.3 is 4.74 Å². The van der Waals surface area contributed by atoms with Crippen molar-refractivity contribution in [3.05, 3.63) is 12.4 Å². The number of ether oxygens (including phenoxy) is 1. The van der Waals surface area contributed by atoms with Crippen molar-refractivity contribution in [2.24, 2.45) is 4.99 Å². The lowest BCUT2D eigenvalue weighted by Crippen LogP contribution is -2.42. The molecule has 106 valence electrons. The second-order valence-corrected chi connectivity index (χ2v) is 5.27. The Morgan fingerprint density at radius 1 is 1.63 bits per heavy atom. The Morgan fingerprint density at radius 3 is 3.05 bits per heavy atom. The molecule has 0 aromatic heterocycles. The Kier molecular flexibility index (Phi) is 3.99. The molecule has 0 saturated carbocycles. The molecule has 2 fully saturated rings. The van der Waals surface area contributed by atoms with Crippen LogP contribution < -0.4 is 0 Å². The van der Waals surface area contributed by atoms with Gasteiger partial charge in [0.05, 0.1) is 11.3 Å². The first-order chi connectivity index (χ1) is 8.93. The molecule has 6 heteroatoms. The van der Waals surface area contributed by atoms with Crippen molar-refractivity contribution in [1.29, 1.82) is 5.41 Å². The largest absolute Gasteiger partial charge is 0.462 e. The molecule has 0 aromatic rings. The molecule has 2 atom stereocenters. The van der Waals surface area contributed by atoms with Crippen molar-refractivity contribution in [2.75, 3.05) is 19.7 Å². The molecule has 19 heavy (non-hydrogen) atoms. The standard InChI is InChI=1S/C13H19F2N3O/c1-9(14)10(2)17-12(16)19-8-13-4-3-5-18(13)7-11(15)6-13/h11,16H,1,3-8H2,2H3/t11-,13+/m1/s1. The summed E-state index contributed by atoms with van der Waals surface area (Å²) in [6.07, 6.45) is 1.51. The third kappa shape index (κ3) is 3.00. The van der Waals surface area contributed by atoms with Gasteiger partial charge in [-0.3, -0.25) is 4.90 Å². The minimum Gasteiger partial charge on any atom is -0.462 e. The number of nitrogens with zero attached hydrogens (tertiary/aromatic N) is 2. The number of halogens is 2. The number of hydrogen-bond donors (Lipinski definition) is 1. The smallest absolute Gasteiger partial charge is 0.309 e. The van der Waals surface area contributed by atoms with Gasteiger partial charge in [0.2, 0.25) is 0 Å². The molecule has 0 bridgehead atoms. The predicted molar refractivity (Wildman–Crippen MR) is 70.1 cm³/mol. The topological polar surface area (TPSA) is 48.7 Å². The highest BCUT2D eigenvalue weighted by Crippen LogP contribution is 2.40. The number of aliphatic imine (C=N–C) groups is 1. The average molecular weight is 271 g/mol. The van der Waals surface area contributed by atoms with Gasteiger partial charge in [0.25, 0.3) is 0 Å². The van der Waals surface area contributed by atoms with E-state index in [9.17, 15) is 8.78 Å². The molecular weight excluding hydrogens is 252 g/mol. The molecule has 0 amide bonds. The molecule has 0 aromatic carbocycles. The van der Waals surface area contributed by atoms with Crippen LogP contribution in [0.2, 0.25) is 0 Å². The van der Waals surface area contributed by atoms with Gasteiger partial charge >= 0.3 is 6.02 Å². The fraction of sp³-hybridized carbons (Fsp3) is 0.692. The summed E-state index contributed by atoms with van der Waals surface area (Å²) in [5.41, 5.74) is -0.275. The lowest BCUT2D eigenvalue weighted by Gasteiger charge is -2.30. The molecule has 0 unspecified atom stereocenters. The van der Waals surface area contributed by atoms with Crippen molar-refractivity contribution in [2.45, 2.75) is 37.9 Å². The first-order valence-corrected chi connectivity index (χ1v) is 6.43. The molecule has 1 N–H and O–H groups in total. The normalized spacial score (nSPS) is 31.3. The molecule has 0 spiro atoms. The Bertz CT molecular complexity index is 424.